The summed E-state index contributed by atoms with van der Waals surface area (Å²) in [6.45, 7) is 0. The highest BCUT2D eigenvalue weighted by molar-refractivity contribution is 8.16. The molecule has 4 aromatic rings. The summed E-state index contributed by atoms with van der Waals surface area (Å²) in [5.74, 6) is 2.32. The number of benzene rings is 2. The first kappa shape index (κ1) is 27.4. The zero-order valence-electron chi connectivity index (χ0n) is 21.4. The molecule has 2 heterocycles. The number of amides is 2. The van der Waals surface area contributed by atoms with Crippen molar-refractivity contribution in [1.82, 2.24) is 14.8 Å². The number of aromatic nitrogens is 1. The highest BCUT2D eigenvalue weighted by Gasteiger charge is 2.18. The van der Waals surface area contributed by atoms with Gasteiger partial charge in [0.05, 0.1) is 10.1 Å². The lowest BCUT2D eigenvalue weighted by molar-refractivity contribution is -0.128. The van der Waals surface area contributed by atoms with Crippen molar-refractivity contribution >= 4 is 68.8 Å². The third kappa shape index (κ3) is 7.00. The predicted molar refractivity (Wildman–Crippen MR) is 156 cm³/mol. The molecule has 0 aliphatic carbocycles. The van der Waals surface area contributed by atoms with Gasteiger partial charge < -0.3 is 14.2 Å². The van der Waals surface area contributed by atoms with Crippen molar-refractivity contribution in [2.24, 2.45) is 0 Å². The maximum absolute atomic E-state index is 12.1. The number of furan rings is 1. The fourth-order valence-electron chi connectivity index (χ4n) is 3.76. The monoisotopic (exact) mass is 555 g/mol. The van der Waals surface area contributed by atoms with Gasteiger partial charge in [0.1, 0.15) is 11.3 Å². The number of fused-ring (bicyclic) bond motifs is 2. The highest BCUT2D eigenvalue weighted by atomic mass is 35.5. The van der Waals surface area contributed by atoms with Crippen LogP contribution in [0.25, 0.3) is 33.3 Å². The molecule has 0 saturated carbocycles. The Hall–Kier alpha value is -2.68. The molecule has 194 valence electrons. The van der Waals surface area contributed by atoms with Crippen LogP contribution < -0.4 is 0 Å². The Kier molecular flexibility index (Phi) is 9.05. The Morgan fingerprint density at radius 3 is 2.16 bits per heavy atom. The van der Waals surface area contributed by atoms with Gasteiger partial charge in [-0.15, -0.1) is 23.5 Å². The van der Waals surface area contributed by atoms with Gasteiger partial charge in [0, 0.05) is 68.3 Å². The van der Waals surface area contributed by atoms with Crippen molar-refractivity contribution in [3.8, 4) is 11.5 Å². The van der Waals surface area contributed by atoms with Crippen LogP contribution in [0, 0.1) is 0 Å². The Bertz CT molecular complexity index is 1390. The van der Waals surface area contributed by atoms with Crippen molar-refractivity contribution < 1.29 is 14.0 Å². The molecule has 2 aromatic carbocycles. The molecule has 2 amide bonds. The summed E-state index contributed by atoms with van der Waals surface area (Å²) in [6.07, 6.45) is 0.947. The van der Waals surface area contributed by atoms with E-state index in [1.807, 2.05) is 42.5 Å². The summed E-state index contributed by atoms with van der Waals surface area (Å²) in [5.41, 5.74) is 3.48. The molecule has 0 bridgehead atoms. The van der Waals surface area contributed by atoms with E-state index in [2.05, 4.69) is 12.1 Å². The number of thioether (sulfide) groups is 2. The van der Waals surface area contributed by atoms with E-state index in [1.54, 1.807) is 61.5 Å². The molecule has 0 aliphatic heterocycles. The third-order valence-corrected chi connectivity index (χ3v) is 8.97. The summed E-state index contributed by atoms with van der Waals surface area (Å²) >= 11 is 9.62. The maximum atomic E-state index is 12.1. The van der Waals surface area contributed by atoms with Gasteiger partial charge in [0.25, 0.3) is 0 Å². The average Bonchev–Trinajstić information content (AvgIpc) is 3.30. The second-order valence-electron chi connectivity index (χ2n) is 9.09. The van der Waals surface area contributed by atoms with Gasteiger partial charge in [-0.1, -0.05) is 29.8 Å². The minimum absolute atomic E-state index is 0.0913. The first-order valence-corrected chi connectivity index (χ1v) is 14.4. The Labute approximate surface area is 230 Å². The predicted octanol–water partition coefficient (Wildman–Crippen LogP) is 6.72. The molecule has 0 saturated heterocycles. The van der Waals surface area contributed by atoms with Gasteiger partial charge in [-0.2, -0.15) is 0 Å². The van der Waals surface area contributed by atoms with Crippen LogP contribution in [0.4, 0.5) is 0 Å². The largest absolute Gasteiger partial charge is 0.454 e. The Morgan fingerprint density at radius 1 is 0.865 bits per heavy atom. The molecule has 0 N–H and O–H groups in total. The molecule has 0 atom stereocenters. The maximum Gasteiger partial charge on any atom is 0.222 e. The molecule has 0 spiro atoms. The minimum Gasteiger partial charge on any atom is -0.454 e. The van der Waals surface area contributed by atoms with Crippen LogP contribution in [0.15, 0.2) is 59.0 Å². The molecule has 0 radical (unpaired) electrons. The number of nitrogens with zero attached hydrogens (tertiary/aromatic N) is 3. The fourth-order valence-corrected chi connectivity index (χ4v) is 6.58. The first-order valence-electron chi connectivity index (χ1n) is 11.9. The molecule has 37 heavy (non-hydrogen) atoms. The lowest BCUT2D eigenvalue weighted by Crippen LogP contribution is -2.22. The van der Waals surface area contributed by atoms with E-state index in [4.69, 9.17) is 21.0 Å². The van der Waals surface area contributed by atoms with E-state index >= 15 is 0 Å². The van der Waals surface area contributed by atoms with Crippen LogP contribution in [0.2, 0.25) is 5.02 Å². The molecule has 0 unspecified atom stereocenters. The van der Waals surface area contributed by atoms with Gasteiger partial charge >= 0.3 is 0 Å². The first-order chi connectivity index (χ1) is 17.7. The fraction of sp³-hybridized carbons (Fsp3) is 0.321. The number of hydrogen-bond acceptors (Lipinski definition) is 6. The van der Waals surface area contributed by atoms with E-state index in [1.165, 1.54) is 0 Å². The summed E-state index contributed by atoms with van der Waals surface area (Å²) in [5, 5.41) is 2.65. The number of hydrogen-bond donors (Lipinski definition) is 0. The van der Waals surface area contributed by atoms with Gasteiger partial charge in [-0.05, 0) is 42.0 Å². The van der Waals surface area contributed by atoms with Crippen LogP contribution in [0.3, 0.4) is 0 Å². The summed E-state index contributed by atoms with van der Waals surface area (Å²) in [6, 6.07) is 17.8. The molecule has 9 heteroatoms. The normalized spacial score (nSPS) is 11.4. The van der Waals surface area contributed by atoms with Gasteiger partial charge in [-0.25, -0.2) is 4.98 Å². The van der Waals surface area contributed by atoms with Crippen LogP contribution >= 0.6 is 35.1 Å². The van der Waals surface area contributed by atoms with Crippen molar-refractivity contribution in [2.75, 3.05) is 39.7 Å². The third-order valence-electron chi connectivity index (χ3n) is 5.89. The van der Waals surface area contributed by atoms with Gasteiger partial charge in [0.15, 0.2) is 5.76 Å². The lowest BCUT2D eigenvalue weighted by Gasteiger charge is -2.18. The second-order valence-corrected chi connectivity index (χ2v) is 12.3. The van der Waals surface area contributed by atoms with Crippen molar-refractivity contribution in [1.29, 1.82) is 0 Å². The topological polar surface area (TPSA) is 66.7 Å². The van der Waals surface area contributed by atoms with E-state index in [0.717, 1.165) is 33.1 Å². The smallest absolute Gasteiger partial charge is 0.222 e. The molecule has 2 aromatic heterocycles. The molecule has 6 nitrogen and oxygen atoms in total. The zero-order chi connectivity index (χ0) is 26.5. The van der Waals surface area contributed by atoms with E-state index in [-0.39, 0.29) is 16.4 Å². The van der Waals surface area contributed by atoms with E-state index in [0.29, 0.717) is 35.1 Å². The average molecular weight is 556 g/mol. The van der Waals surface area contributed by atoms with Crippen molar-refractivity contribution in [2.45, 2.75) is 17.4 Å². The molecule has 0 fully saturated rings. The SMILES string of the molecule is CN(C)C(=O)CCSC(SCCC(=O)N(C)C)c1ccc2oc(-c3ccc4ccc(Cl)cc4n3)cc2c1. The summed E-state index contributed by atoms with van der Waals surface area (Å²) in [7, 11) is 7.09. The molecular formula is C28H30ClN3O3S2. The van der Waals surface area contributed by atoms with Crippen LogP contribution in [0.1, 0.15) is 23.0 Å². The van der Waals surface area contributed by atoms with Gasteiger partial charge in [0.2, 0.25) is 11.8 Å². The number of halogens is 1. The summed E-state index contributed by atoms with van der Waals surface area (Å²) < 4.78 is 6.23. The molecular weight excluding hydrogens is 526 g/mol. The summed E-state index contributed by atoms with van der Waals surface area (Å²) in [4.78, 5) is 32.1. The molecule has 4 rings (SSSR count). The highest BCUT2D eigenvalue weighted by Crippen LogP contribution is 2.42. The van der Waals surface area contributed by atoms with E-state index < -0.39 is 0 Å². The van der Waals surface area contributed by atoms with Crippen LogP contribution in [0.5, 0.6) is 0 Å². The quantitative estimate of drug-likeness (QED) is 0.202. The number of pyridine rings is 1. The van der Waals surface area contributed by atoms with Crippen LogP contribution in [-0.4, -0.2) is 66.3 Å². The number of carbonyl (C=O) groups is 2. The number of rotatable bonds is 10. The van der Waals surface area contributed by atoms with Crippen LogP contribution in [-0.2, 0) is 9.59 Å². The lowest BCUT2D eigenvalue weighted by atomic mass is 10.1. The van der Waals surface area contributed by atoms with Crippen molar-refractivity contribution in [3.05, 3.63) is 65.2 Å². The standard InChI is InChI=1S/C28H30ClN3O3S2/c1-31(2)26(33)11-13-36-28(37-14-12-27(34)32(3)4)19-7-10-24-20(15-19)16-25(35-24)22-9-6-18-5-8-21(29)17-23(18)30-22/h5-10,15-17,28H,11-14H2,1-4H3. The minimum atomic E-state index is 0.0913. The molecule has 0 aliphatic rings. The Morgan fingerprint density at radius 2 is 1.51 bits per heavy atom. The Balaban J connectivity index is 1.56. The second kappa shape index (κ2) is 12.2. The zero-order valence-corrected chi connectivity index (χ0v) is 23.8. The van der Waals surface area contributed by atoms with E-state index in [9.17, 15) is 9.59 Å². The number of carbonyl (C=O) groups excluding carboxylic acids is 2. The van der Waals surface area contributed by atoms with Crippen molar-refractivity contribution in [3.63, 3.8) is 0 Å². The van der Waals surface area contributed by atoms with Gasteiger partial charge in [-0.3, -0.25) is 9.59 Å².